The topological polar surface area (TPSA) is 208 Å². The van der Waals surface area contributed by atoms with Gasteiger partial charge in [0.25, 0.3) is 0 Å². The fourth-order valence-electron chi connectivity index (χ4n) is 0. The predicted molar refractivity (Wildman–Crippen MR) is 17.3 cm³/mol. The standard InChI is InChI=1S/3BO3.9Li/c3*2-1(3)4;;;;;;;;;/q3*-3;9*+1. The zero-order valence-corrected chi connectivity index (χ0v) is 14.4. The molecule has 0 aliphatic carbocycles. The Balaban J connectivity index is -0.00000000476. The van der Waals surface area contributed by atoms with E-state index in [1.165, 1.54) is 0 Å². The Morgan fingerprint density at radius 3 is 0.238 bits per heavy atom. The van der Waals surface area contributed by atoms with E-state index in [0.717, 1.165) is 0 Å². The first kappa shape index (κ1) is 82.5. The van der Waals surface area contributed by atoms with Gasteiger partial charge in [0, 0.05) is 0 Å². The van der Waals surface area contributed by atoms with E-state index in [9.17, 15) is 0 Å². The van der Waals surface area contributed by atoms with E-state index in [1.54, 1.807) is 0 Å². The Hall–Kier alpha value is 5.21. The molecule has 0 aliphatic rings. The van der Waals surface area contributed by atoms with Crippen molar-refractivity contribution in [3.05, 3.63) is 0 Å². The van der Waals surface area contributed by atoms with E-state index in [-0.39, 0.29) is 170 Å². The predicted octanol–water partition coefficient (Wildman–Crippen LogP) is -38.8. The quantitative estimate of drug-likeness (QED) is 0.366. The Morgan fingerprint density at radius 2 is 0.238 bits per heavy atom. The van der Waals surface area contributed by atoms with Crippen LogP contribution in [0.25, 0.3) is 0 Å². The molecule has 0 aliphatic heterocycles. The smallest absolute Gasteiger partial charge is 0.907 e. The van der Waals surface area contributed by atoms with Crippen molar-refractivity contribution in [2.75, 3.05) is 0 Å². The molecule has 0 radical (unpaired) electrons. The molecule has 9 nitrogen and oxygen atoms in total. The fourth-order valence-corrected chi connectivity index (χ4v) is 0. The molecule has 0 atom stereocenters. The summed E-state index contributed by atoms with van der Waals surface area (Å²) in [6.07, 6.45) is 0. The van der Waals surface area contributed by atoms with Crippen molar-refractivity contribution < 1.29 is 215 Å². The van der Waals surface area contributed by atoms with Gasteiger partial charge in [-0.1, -0.05) is 0 Å². The average Bonchev–Trinajstić information content (AvgIpc) is 1.54. The summed E-state index contributed by atoms with van der Waals surface area (Å²) in [5, 5.41) is 75.8. The van der Waals surface area contributed by atoms with Crippen LogP contribution in [0.4, 0.5) is 0 Å². The molecule has 0 saturated heterocycles. The van der Waals surface area contributed by atoms with Crippen molar-refractivity contribution in [3.8, 4) is 0 Å². The van der Waals surface area contributed by atoms with Gasteiger partial charge in [-0.05, 0) is 0 Å². The minimum atomic E-state index is -2.92. The second-order valence-electron chi connectivity index (χ2n) is 0.866. The van der Waals surface area contributed by atoms with Gasteiger partial charge < -0.3 is 45.2 Å². The fraction of sp³-hybridized carbons (Fsp3) is 0. The molecule has 0 bridgehead atoms. The molecule has 21 heavy (non-hydrogen) atoms. The number of rotatable bonds is 0. The molecule has 0 fully saturated rings. The van der Waals surface area contributed by atoms with Crippen LogP contribution in [0.1, 0.15) is 0 Å². The van der Waals surface area contributed by atoms with E-state index in [4.69, 9.17) is 45.2 Å². The van der Waals surface area contributed by atoms with Gasteiger partial charge in [0.15, 0.2) is 0 Å². The molecule has 0 amide bonds. The van der Waals surface area contributed by atoms with Gasteiger partial charge in [0.05, 0.1) is 0 Å². The van der Waals surface area contributed by atoms with E-state index in [1.807, 2.05) is 0 Å². The van der Waals surface area contributed by atoms with Crippen LogP contribution in [0.3, 0.4) is 0 Å². The maximum atomic E-state index is 8.42. The van der Waals surface area contributed by atoms with Gasteiger partial charge in [-0.2, -0.15) is 0 Å². The Morgan fingerprint density at radius 1 is 0.238 bits per heavy atom. The second-order valence-corrected chi connectivity index (χ2v) is 0.866. The maximum Gasteiger partial charge on any atom is 1.00 e. The summed E-state index contributed by atoms with van der Waals surface area (Å²) in [6, 6.07) is 0. The van der Waals surface area contributed by atoms with Gasteiger partial charge in [-0.15, -0.1) is 0 Å². The third-order valence-corrected chi connectivity index (χ3v) is 0. The molecular weight excluding hydrogens is 239 g/mol. The van der Waals surface area contributed by atoms with Crippen LogP contribution >= 0.6 is 0 Å². The van der Waals surface area contributed by atoms with Crippen molar-refractivity contribution in [2.45, 2.75) is 0 Å². The minimum absolute atomic E-state index is 0. The molecule has 0 N–H and O–H groups in total. The molecular formula is B3Li9O9. The maximum absolute atomic E-state index is 8.42. The molecule has 0 aromatic rings. The molecule has 0 aromatic heterocycles. The summed E-state index contributed by atoms with van der Waals surface area (Å²) in [4.78, 5) is 0. The van der Waals surface area contributed by atoms with Crippen LogP contribution in [0.5, 0.6) is 0 Å². The molecule has 72 valence electrons. The van der Waals surface area contributed by atoms with Crippen LogP contribution in [-0.2, 0) is 0 Å². The van der Waals surface area contributed by atoms with Gasteiger partial charge in [0.2, 0.25) is 0 Å². The van der Waals surface area contributed by atoms with Crippen LogP contribution in [0, 0.1) is 0 Å². The van der Waals surface area contributed by atoms with Crippen molar-refractivity contribution in [2.24, 2.45) is 0 Å². The normalized spacial score (nSPS) is 3.86. The minimum Gasteiger partial charge on any atom is -0.907 e. The third kappa shape index (κ3) is 500. The summed E-state index contributed by atoms with van der Waals surface area (Å²) < 4.78 is 0. The van der Waals surface area contributed by atoms with E-state index < -0.39 is 22.0 Å². The molecule has 0 heterocycles. The Bertz CT molecular complexity index is 59.0. The Labute approximate surface area is 233 Å². The zero-order valence-electron chi connectivity index (χ0n) is 14.4. The first-order valence-corrected chi connectivity index (χ1v) is 2.12. The summed E-state index contributed by atoms with van der Waals surface area (Å²) in [5.41, 5.74) is 0. The molecule has 0 saturated carbocycles. The van der Waals surface area contributed by atoms with E-state index in [2.05, 4.69) is 0 Å². The summed E-state index contributed by atoms with van der Waals surface area (Å²) in [5.74, 6) is 0. The van der Waals surface area contributed by atoms with E-state index in [0.29, 0.717) is 0 Å². The number of hydrogen-bond donors (Lipinski definition) is 0. The van der Waals surface area contributed by atoms with Crippen molar-refractivity contribution >= 4 is 22.0 Å². The average molecular weight is 239 g/mol. The molecule has 0 rings (SSSR count). The van der Waals surface area contributed by atoms with Crippen LogP contribution in [0.2, 0.25) is 0 Å². The molecule has 0 unspecified atom stereocenters. The molecule has 21 heteroatoms. The van der Waals surface area contributed by atoms with Crippen LogP contribution in [0.15, 0.2) is 0 Å². The van der Waals surface area contributed by atoms with Crippen LogP contribution in [-0.4, -0.2) is 22.0 Å². The SMILES string of the molecule is [Li+].[Li+].[Li+].[Li+].[Li+].[Li+].[Li+].[Li+].[Li+].[O-]B([O-])[O-].[O-]B([O-])[O-].[O-]B([O-])[O-]. The van der Waals surface area contributed by atoms with Crippen molar-refractivity contribution in [1.82, 2.24) is 0 Å². The monoisotopic (exact) mass is 240 g/mol. The molecule has 0 aromatic carbocycles. The third-order valence-electron chi connectivity index (χ3n) is 0. The van der Waals surface area contributed by atoms with Crippen LogP contribution < -0.4 is 215 Å². The zero-order chi connectivity index (χ0) is 10.7. The summed E-state index contributed by atoms with van der Waals surface area (Å²) in [7, 11) is -8.75. The Kier molecular flexibility index (Phi) is 287. The van der Waals surface area contributed by atoms with Crippen molar-refractivity contribution in [3.63, 3.8) is 0 Å². The van der Waals surface area contributed by atoms with Crippen molar-refractivity contribution in [1.29, 1.82) is 0 Å². The van der Waals surface area contributed by atoms with Gasteiger partial charge >= 0.3 is 170 Å². The second kappa shape index (κ2) is 73.2. The summed E-state index contributed by atoms with van der Waals surface area (Å²) in [6.45, 7) is 0. The molecule has 0 spiro atoms. The first-order valence-electron chi connectivity index (χ1n) is 2.12. The van der Waals surface area contributed by atoms with Gasteiger partial charge in [0.1, 0.15) is 0 Å². The summed E-state index contributed by atoms with van der Waals surface area (Å²) >= 11 is 0. The van der Waals surface area contributed by atoms with Gasteiger partial charge in [-0.25, -0.2) is 0 Å². The largest absolute Gasteiger partial charge is 1.00 e. The van der Waals surface area contributed by atoms with E-state index >= 15 is 0 Å². The van der Waals surface area contributed by atoms with Gasteiger partial charge in [-0.3, -0.25) is 22.0 Å². The number of hydrogen-bond acceptors (Lipinski definition) is 9. The first-order chi connectivity index (χ1) is 5.20.